The number of nitrogens with zero attached hydrogens (tertiary/aromatic N) is 1. The van der Waals surface area contributed by atoms with Crippen LogP contribution in [0.15, 0.2) is 60.7 Å². The molecule has 4 saturated carbocycles. The van der Waals surface area contributed by atoms with Crippen molar-refractivity contribution in [2.24, 2.45) is 40.4 Å². The number of aliphatic hydroxyl groups excluding tert-OH is 1. The number of ether oxygens (including phenoxy) is 1. The molecule has 4 fully saturated rings. The molecule has 8 nitrogen and oxygen atoms in total. The van der Waals surface area contributed by atoms with E-state index in [2.05, 4.69) is 24.5 Å². The maximum Gasteiger partial charge on any atom is 0.408 e. The molecule has 0 saturated heterocycles. The molecular formula is C43H61N3O5. The summed E-state index contributed by atoms with van der Waals surface area (Å²) in [5, 5.41) is 16.4. The molecule has 0 bridgehead atoms. The van der Waals surface area contributed by atoms with Crippen molar-refractivity contribution in [2.75, 3.05) is 13.1 Å². The summed E-state index contributed by atoms with van der Waals surface area (Å²) >= 11 is 0. The van der Waals surface area contributed by atoms with Crippen molar-refractivity contribution in [2.45, 2.75) is 123 Å². The van der Waals surface area contributed by atoms with E-state index in [0.29, 0.717) is 48.6 Å². The van der Waals surface area contributed by atoms with Gasteiger partial charge in [-0.2, -0.15) is 0 Å². The zero-order valence-electron chi connectivity index (χ0n) is 31.5. The molecule has 1 unspecified atom stereocenters. The minimum atomic E-state index is -0.887. The highest BCUT2D eigenvalue weighted by Crippen LogP contribution is 2.67. The number of rotatable bonds is 10. The summed E-state index contributed by atoms with van der Waals surface area (Å²) in [5.41, 5.74) is 1.58. The van der Waals surface area contributed by atoms with Gasteiger partial charge in [0.05, 0.1) is 12.6 Å². The first-order valence-corrected chi connectivity index (χ1v) is 19.6. The molecule has 2 aromatic carbocycles. The van der Waals surface area contributed by atoms with E-state index in [1.54, 1.807) is 25.7 Å². The quantitative estimate of drug-likeness (QED) is 0.242. The summed E-state index contributed by atoms with van der Waals surface area (Å²) in [6, 6.07) is 18.6. The number of amides is 3. The Bertz CT molecular complexity index is 1510. The number of aliphatic hydroxyl groups is 1. The van der Waals surface area contributed by atoms with Gasteiger partial charge in [-0.25, -0.2) is 4.79 Å². The van der Waals surface area contributed by atoms with Crippen molar-refractivity contribution in [3.05, 3.63) is 71.8 Å². The molecule has 4 aliphatic carbocycles. The van der Waals surface area contributed by atoms with Crippen LogP contribution in [0.3, 0.4) is 0 Å². The monoisotopic (exact) mass is 699 g/mol. The Morgan fingerprint density at radius 3 is 2.20 bits per heavy atom. The number of benzene rings is 2. The molecule has 0 spiro atoms. The van der Waals surface area contributed by atoms with Crippen LogP contribution in [0, 0.1) is 40.4 Å². The lowest BCUT2D eigenvalue weighted by Gasteiger charge is -2.61. The minimum absolute atomic E-state index is 0.0711. The fraction of sp³-hybridized carbons (Fsp3) is 0.651. The number of fused-ring (bicyclic) bond motifs is 5. The third-order valence-electron chi connectivity index (χ3n) is 13.5. The van der Waals surface area contributed by atoms with Crippen molar-refractivity contribution in [3.8, 4) is 0 Å². The largest absolute Gasteiger partial charge is 0.444 e. The average molecular weight is 700 g/mol. The molecule has 8 heteroatoms. The Hall–Kier alpha value is -3.39. The van der Waals surface area contributed by atoms with Gasteiger partial charge in [-0.15, -0.1) is 0 Å². The fourth-order valence-electron chi connectivity index (χ4n) is 10.9. The van der Waals surface area contributed by atoms with E-state index in [-0.39, 0.29) is 35.8 Å². The van der Waals surface area contributed by atoms with Crippen LogP contribution in [-0.2, 0) is 27.3 Å². The normalized spacial score (nSPS) is 32.0. The first-order chi connectivity index (χ1) is 24.2. The van der Waals surface area contributed by atoms with Gasteiger partial charge in [0, 0.05) is 19.5 Å². The molecule has 0 radical (unpaired) electrons. The number of alkyl carbamates (subject to hydrolysis) is 1. The maximum absolute atomic E-state index is 14.7. The van der Waals surface area contributed by atoms with E-state index in [0.717, 1.165) is 49.7 Å². The second-order valence-electron chi connectivity index (χ2n) is 17.8. The van der Waals surface area contributed by atoms with Gasteiger partial charge in [0.15, 0.2) is 0 Å². The topological polar surface area (TPSA) is 108 Å². The highest BCUT2D eigenvalue weighted by atomic mass is 16.6. The second-order valence-corrected chi connectivity index (χ2v) is 17.8. The van der Waals surface area contributed by atoms with Crippen molar-refractivity contribution < 1.29 is 24.2 Å². The van der Waals surface area contributed by atoms with Crippen LogP contribution in [0.4, 0.5) is 4.79 Å². The number of hydrogen-bond donors (Lipinski definition) is 3. The smallest absolute Gasteiger partial charge is 0.408 e. The van der Waals surface area contributed by atoms with E-state index in [1.807, 2.05) is 60.7 Å². The Morgan fingerprint density at radius 2 is 1.51 bits per heavy atom. The molecule has 0 heterocycles. The van der Waals surface area contributed by atoms with Crippen LogP contribution in [0.1, 0.15) is 104 Å². The summed E-state index contributed by atoms with van der Waals surface area (Å²) in [4.78, 5) is 43.2. The SMILES string of the molecule is CC(C)(C)OC(=O)N[C@@H](Cc1ccccc1)C(=O)N(CC(=O)NCc1ccccc1)CC1CC[C@H]2[C@@H]3CC[C@H]4C[C@@H](O)CC[C@]4(C)[C@H]3CC[C@]12C. The predicted octanol–water partition coefficient (Wildman–Crippen LogP) is 7.29. The zero-order chi connectivity index (χ0) is 36.4. The minimum Gasteiger partial charge on any atom is -0.444 e. The van der Waals surface area contributed by atoms with Gasteiger partial charge >= 0.3 is 6.09 Å². The third kappa shape index (κ3) is 8.48. The lowest BCUT2D eigenvalue weighted by Crippen LogP contribution is -2.56. The fourth-order valence-corrected chi connectivity index (χ4v) is 10.9. The summed E-state index contributed by atoms with van der Waals surface area (Å²) in [6.07, 6.45) is 9.44. The van der Waals surface area contributed by atoms with E-state index >= 15 is 0 Å². The van der Waals surface area contributed by atoms with Crippen LogP contribution in [0.5, 0.6) is 0 Å². The average Bonchev–Trinajstić information content (AvgIpc) is 3.42. The van der Waals surface area contributed by atoms with E-state index < -0.39 is 17.7 Å². The van der Waals surface area contributed by atoms with Gasteiger partial charge in [0.25, 0.3) is 0 Å². The van der Waals surface area contributed by atoms with Crippen molar-refractivity contribution in [1.82, 2.24) is 15.5 Å². The highest BCUT2D eigenvalue weighted by Gasteiger charge is 2.60. The molecule has 3 amide bonds. The summed E-state index contributed by atoms with van der Waals surface area (Å²) in [7, 11) is 0. The second kappa shape index (κ2) is 15.3. The predicted molar refractivity (Wildman–Crippen MR) is 199 cm³/mol. The molecular weight excluding hydrogens is 638 g/mol. The van der Waals surface area contributed by atoms with Gasteiger partial charge in [-0.05, 0) is 130 Å². The third-order valence-corrected chi connectivity index (χ3v) is 13.5. The van der Waals surface area contributed by atoms with Crippen LogP contribution >= 0.6 is 0 Å². The number of carbonyl (C=O) groups excluding carboxylic acids is 3. The van der Waals surface area contributed by atoms with Gasteiger partial charge in [-0.1, -0.05) is 74.5 Å². The van der Waals surface area contributed by atoms with Gasteiger partial charge < -0.3 is 25.4 Å². The molecule has 4 aliphatic rings. The van der Waals surface area contributed by atoms with E-state index in [9.17, 15) is 19.5 Å². The molecule has 9 atom stereocenters. The number of nitrogens with one attached hydrogen (secondary N) is 2. The molecule has 51 heavy (non-hydrogen) atoms. The Kier molecular flexibility index (Phi) is 11.2. The summed E-state index contributed by atoms with van der Waals surface area (Å²) in [6.45, 7) is 11.2. The van der Waals surface area contributed by atoms with Crippen LogP contribution in [-0.4, -0.2) is 58.8 Å². The molecule has 0 aromatic heterocycles. The first kappa shape index (κ1) is 37.4. The van der Waals surface area contributed by atoms with Crippen molar-refractivity contribution in [3.63, 3.8) is 0 Å². The molecule has 0 aliphatic heterocycles. The van der Waals surface area contributed by atoms with E-state index in [4.69, 9.17) is 4.74 Å². The van der Waals surface area contributed by atoms with Crippen LogP contribution < -0.4 is 10.6 Å². The number of hydrogen-bond acceptors (Lipinski definition) is 5. The number of carbonyl (C=O) groups is 3. The van der Waals surface area contributed by atoms with E-state index in [1.165, 1.54) is 19.3 Å². The zero-order valence-corrected chi connectivity index (χ0v) is 31.5. The standard InChI is InChI=1S/C43H61N3O5/c1-41(2,3)51-40(50)45-37(24-29-12-8-6-9-13-29)39(49)46(28-38(48)44-26-30-14-10-7-11-15-30)27-32-17-19-35-34-18-16-31-25-33(47)20-22-42(31,4)36(34)21-23-43(32,35)5/h6-15,31-37,47H,16-28H2,1-5H3,(H,44,48)(H,45,50)/t31-,32?,33-,34-,35-,36-,37-,42-,43+/m0/s1. The van der Waals surface area contributed by atoms with Crippen molar-refractivity contribution in [1.29, 1.82) is 0 Å². The van der Waals surface area contributed by atoms with Crippen LogP contribution in [0.2, 0.25) is 0 Å². The maximum atomic E-state index is 14.7. The Balaban J connectivity index is 1.23. The lowest BCUT2D eigenvalue weighted by atomic mass is 9.44. The van der Waals surface area contributed by atoms with Gasteiger partial charge in [0.1, 0.15) is 11.6 Å². The Morgan fingerprint density at radius 1 is 0.863 bits per heavy atom. The van der Waals surface area contributed by atoms with Crippen LogP contribution in [0.25, 0.3) is 0 Å². The Labute approximate surface area is 305 Å². The lowest BCUT2D eigenvalue weighted by molar-refractivity contribution is -0.141. The molecule has 3 N–H and O–H groups in total. The molecule has 2 aromatic rings. The van der Waals surface area contributed by atoms with Crippen molar-refractivity contribution >= 4 is 17.9 Å². The summed E-state index contributed by atoms with van der Waals surface area (Å²) < 4.78 is 5.61. The molecule has 6 rings (SSSR count). The summed E-state index contributed by atoms with van der Waals surface area (Å²) in [5.74, 6) is 2.36. The van der Waals surface area contributed by atoms with Gasteiger partial charge in [-0.3, -0.25) is 9.59 Å². The molecule has 278 valence electrons. The highest BCUT2D eigenvalue weighted by molar-refractivity contribution is 5.90. The first-order valence-electron chi connectivity index (χ1n) is 19.6. The van der Waals surface area contributed by atoms with Gasteiger partial charge in [0.2, 0.25) is 11.8 Å².